The Morgan fingerprint density at radius 3 is 2.50 bits per heavy atom. The van der Waals surface area contributed by atoms with E-state index in [1.165, 1.54) is 11.3 Å². The minimum Gasteiger partial charge on any atom is -0.497 e. The molecule has 0 atom stereocenters. The molecule has 176 valence electrons. The van der Waals surface area contributed by atoms with Crippen LogP contribution in [0.3, 0.4) is 0 Å². The molecule has 0 radical (unpaired) electrons. The van der Waals surface area contributed by atoms with E-state index in [0.717, 1.165) is 40.9 Å². The standard InChI is InChI=1S/C24H25N5O4S/c1-15-4-9-19(32-15)23-25-16(2)21(34-23)24(30)29-12-10-28(11-13-29)14-20-26-22(27-33-20)17-5-7-18(31-3)8-6-17/h4-9H,10-14H2,1-3H3. The molecule has 0 unspecified atom stereocenters. The van der Waals surface area contributed by atoms with Gasteiger partial charge in [0.15, 0.2) is 10.8 Å². The van der Waals surface area contributed by atoms with Crippen LogP contribution in [0.15, 0.2) is 45.3 Å². The molecule has 1 aromatic carbocycles. The van der Waals surface area contributed by atoms with Crippen LogP contribution in [0.25, 0.3) is 22.2 Å². The van der Waals surface area contributed by atoms with Crippen LogP contribution in [0.1, 0.15) is 27.0 Å². The van der Waals surface area contributed by atoms with E-state index >= 15 is 0 Å². The van der Waals surface area contributed by atoms with Gasteiger partial charge in [-0.3, -0.25) is 9.69 Å². The van der Waals surface area contributed by atoms with Gasteiger partial charge in [-0.25, -0.2) is 4.98 Å². The maximum absolute atomic E-state index is 13.1. The monoisotopic (exact) mass is 479 g/mol. The van der Waals surface area contributed by atoms with Crippen LogP contribution in [-0.2, 0) is 6.54 Å². The normalized spacial score (nSPS) is 14.5. The summed E-state index contributed by atoms with van der Waals surface area (Å²) in [4.78, 5) is 27.0. The van der Waals surface area contributed by atoms with E-state index in [0.29, 0.717) is 42.0 Å². The van der Waals surface area contributed by atoms with Crippen molar-refractivity contribution < 1.29 is 18.5 Å². The molecule has 0 N–H and O–H groups in total. The van der Waals surface area contributed by atoms with Crippen molar-refractivity contribution in [2.45, 2.75) is 20.4 Å². The number of aromatic nitrogens is 3. The summed E-state index contributed by atoms with van der Waals surface area (Å²) in [5.41, 5.74) is 1.61. The van der Waals surface area contributed by atoms with Crippen LogP contribution < -0.4 is 4.74 Å². The predicted octanol–water partition coefficient (Wildman–Crippen LogP) is 4.04. The zero-order valence-corrected chi connectivity index (χ0v) is 20.1. The first-order valence-electron chi connectivity index (χ1n) is 11.0. The Bertz CT molecular complexity index is 1280. The smallest absolute Gasteiger partial charge is 0.265 e. The van der Waals surface area contributed by atoms with Crippen molar-refractivity contribution in [3.63, 3.8) is 0 Å². The minimum atomic E-state index is 0.0174. The molecule has 3 aromatic heterocycles. The lowest BCUT2D eigenvalue weighted by Crippen LogP contribution is -2.48. The van der Waals surface area contributed by atoms with Crippen molar-refractivity contribution in [2.24, 2.45) is 0 Å². The van der Waals surface area contributed by atoms with Crippen molar-refractivity contribution in [3.05, 3.63) is 58.6 Å². The molecule has 1 fully saturated rings. The zero-order valence-electron chi connectivity index (χ0n) is 19.3. The van der Waals surface area contributed by atoms with E-state index in [2.05, 4.69) is 20.0 Å². The third kappa shape index (κ3) is 4.59. The second-order valence-corrected chi connectivity index (χ2v) is 9.15. The largest absolute Gasteiger partial charge is 0.497 e. The number of rotatable bonds is 6. The predicted molar refractivity (Wildman–Crippen MR) is 127 cm³/mol. The lowest BCUT2D eigenvalue weighted by Gasteiger charge is -2.33. The number of piperazine rings is 1. The molecule has 0 saturated carbocycles. The van der Waals surface area contributed by atoms with Crippen molar-refractivity contribution in [1.82, 2.24) is 24.9 Å². The number of nitrogens with zero attached hydrogens (tertiary/aromatic N) is 5. The Morgan fingerprint density at radius 2 is 1.82 bits per heavy atom. The first-order valence-corrected chi connectivity index (χ1v) is 11.8. The molecule has 0 bridgehead atoms. The first kappa shape index (κ1) is 22.3. The zero-order chi connectivity index (χ0) is 23.7. The lowest BCUT2D eigenvalue weighted by molar-refractivity contribution is 0.0619. The van der Waals surface area contributed by atoms with Gasteiger partial charge >= 0.3 is 0 Å². The highest BCUT2D eigenvalue weighted by molar-refractivity contribution is 7.17. The average molecular weight is 480 g/mol. The molecule has 0 spiro atoms. The average Bonchev–Trinajstić information content (AvgIpc) is 3.59. The molecular formula is C24H25N5O4S. The summed E-state index contributed by atoms with van der Waals surface area (Å²) in [5, 5.41) is 4.83. The number of methoxy groups -OCH3 is 1. The van der Waals surface area contributed by atoms with Gasteiger partial charge in [-0.05, 0) is 50.2 Å². The lowest BCUT2D eigenvalue weighted by atomic mass is 10.2. The Balaban J connectivity index is 1.18. The quantitative estimate of drug-likeness (QED) is 0.409. The maximum atomic E-state index is 13.1. The fraction of sp³-hybridized carbons (Fsp3) is 0.333. The van der Waals surface area contributed by atoms with Gasteiger partial charge in [0, 0.05) is 31.7 Å². The molecule has 1 aliphatic heterocycles. The van der Waals surface area contributed by atoms with Crippen molar-refractivity contribution in [1.29, 1.82) is 0 Å². The second kappa shape index (κ2) is 9.40. The van der Waals surface area contributed by atoms with E-state index in [9.17, 15) is 4.79 Å². The molecule has 5 rings (SSSR count). The number of hydrogen-bond donors (Lipinski definition) is 0. The van der Waals surface area contributed by atoms with Crippen LogP contribution >= 0.6 is 11.3 Å². The Hall–Kier alpha value is -3.50. The van der Waals surface area contributed by atoms with Gasteiger partial charge in [-0.15, -0.1) is 11.3 Å². The van der Waals surface area contributed by atoms with Gasteiger partial charge in [-0.2, -0.15) is 4.98 Å². The molecule has 1 aliphatic rings. The molecule has 4 aromatic rings. The number of thiazole rings is 1. The first-order chi connectivity index (χ1) is 16.5. The summed E-state index contributed by atoms with van der Waals surface area (Å²) in [6, 6.07) is 11.3. The van der Waals surface area contributed by atoms with E-state index in [1.54, 1.807) is 7.11 Å². The number of furan rings is 1. The molecule has 9 nitrogen and oxygen atoms in total. The number of carbonyl (C=O) groups excluding carboxylic acids is 1. The number of benzene rings is 1. The van der Waals surface area contributed by atoms with Crippen LogP contribution in [0, 0.1) is 13.8 Å². The molecule has 34 heavy (non-hydrogen) atoms. The van der Waals surface area contributed by atoms with Gasteiger partial charge in [0.1, 0.15) is 16.4 Å². The van der Waals surface area contributed by atoms with E-state index in [1.807, 2.05) is 55.1 Å². The molecule has 10 heteroatoms. The highest BCUT2D eigenvalue weighted by Gasteiger charge is 2.27. The summed E-state index contributed by atoms with van der Waals surface area (Å²) < 4.78 is 16.3. The molecule has 4 heterocycles. The van der Waals surface area contributed by atoms with Gasteiger partial charge in [0.2, 0.25) is 11.7 Å². The van der Waals surface area contributed by atoms with E-state index in [-0.39, 0.29) is 5.91 Å². The third-order valence-corrected chi connectivity index (χ3v) is 6.94. The molecule has 0 aliphatic carbocycles. The van der Waals surface area contributed by atoms with Gasteiger partial charge in [0.25, 0.3) is 5.91 Å². The SMILES string of the molecule is COc1ccc(-c2noc(CN3CCN(C(=O)c4sc(-c5ccc(C)o5)nc4C)CC3)n2)cc1. The Kier molecular flexibility index (Phi) is 6.16. The highest BCUT2D eigenvalue weighted by atomic mass is 32.1. The molecule has 1 saturated heterocycles. The molecular weight excluding hydrogens is 454 g/mol. The number of hydrogen-bond acceptors (Lipinski definition) is 9. The second-order valence-electron chi connectivity index (χ2n) is 8.15. The fourth-order valence-electron chi connectivity index (χ4n) is 3.87. The van der Waals surface area contributed by atoms with Gasteiger partial charge < -0.3 is 18.6 Å². The fourth-order valence-corrected chi connectivity index (χ4v) is 4.87. The highest BCUT2D eigenvalue weighted by Crippen LogP contribution is 2.30. The summed E-state index contributed by atoms with van der Waals surface area (Å²) in [6.45, 7) is 7.03. The van der Waals surface area contributed by atoms with Crippen molar-refractivity contribution >= 4 is 17.2 Å². The van der Waals surface area contributed by atoms with E-state index < -0.39 is 0 Å². The summed E-state index contributed by atoms with van der Waals surface area (Å²) >= 11 is 1.38. The Morgan fingerprint density at radius 1 is 1.06 bits per heavy atom. The van der Waals surface area contributed by atoms with Gasteiger partial charge in [-0.1, -0.05) is 5.16 Å². The van der Waals surface area contributed by atoms with Gasteiger partial charge in [0.05, 0.1) is 19.3 Å². The summed E-state index contributed by atoms with van der Waals surface area (Å²) in [5.74, 6) is 3.42. The van der Waals surface area contributed by atoms with Crippen LogP contribution in [-0.4, -0.2) is 64.1 Å². The van der Waals surface area contributed by atoms with Crippen LogP contribution in [0.2, 0.25) is 0 Å². The maximum Gasteiger partial charge on any atom is 0.265 e. The number of ether oxygens (including phenoxy) is 1. The third-order valence-electron chi connectivity index (χ3n) is 5.78. The topological polar surface area (TPSA) is 97.7 Å². The molecule has 1 amide bonds. The number of carbonyl (C=O) groups is 1. The van der Waals surface area contributed by atoms with Crippen LogP contribution in [0.5, 0.6) is 5.75 Å². The number of aryl methyl sites for hydroxylation is 2. The summed E-state index contributed by atoms with van der Waals surface area (Å²) in [7, 11) is 1.63. The minimum absolute atomic E-state index is 0.0174. The van der Waals surface area contributed by atoms with E-state index in [4.69, 9.17) is 13.7 Å². The van der Waals surface area contributed by atoms with Crippen molar-refractivity contribution in [3.8, 4) is 27.9 Å². The van der Waals surface area contributed by atoms with Crippen LogP contribution in [0.4, 0.5) is 0 Å². The van der Waals surface area contributed by atoms with Crippen molar-refractivity contribution in [2.75, 3.05) is 33.3 Å². The summed E-state index contributed by atoms with van der Waals surface area (Å²) in [6.07, 6.45) is 0. The Labute approximate surface area is 201 Å². The number of amides is 1.